The van der Waals surface area contributed by atoms with Crippen molar-refractivity contribution in [1.29, 1.82) is 0 Å². The van der Waals surface area contributed by atoms with Gasteiger partial charge >= 0.3 is 5.97 Å². The number of aryl methyl sites for hydroxylation is 1. The third-order valence-corrected chi connectivity index (χ3v) is 6.29. The zero-order valence-corrected chi connectivity index (χ0v) is 22.6. The second-order valence-electron chi connectivity index (χ2n) is 9.97. The first-order chi connectivity index (χ1) is 18.2. The second kappa shape index (κ2) is 13.6. The molecule has 1 amide bonds. The van der Waals surface area contributed by atoms with Gasteiger partial charge < -0.3 is 19.7 Å². The molecule has 0 saturated heterocycles. The number of rotatable bonds is 13. The molecule has 38 heavy (non-hydrogen) atoms. The Morgan fingerprint density at radius 3 is 2.45 bits per heavy atom. The lowest BCUT2D eigenvalue weighted by Crippen LogP contribution is -2.40. The summed E-state index contributed by atoms with van der Waals surface area (Å²) in [6, 6.07) is 17.2. The van der Waals surface area contributed by atoms with Crippen LogP contribution in [0.4, 0.5) is 0 Å². The predicted octanol–water partition coefficient (Wildman–Crippen LogP) is 5.60. The van der Waals surface area contributed by atoms with E-state index in [1.54, 1.807) is 30.5 Å². The molecule has 0 radical (unpaired) electrons. The molecule has 7 nitrogen and oxygen atoms in total. The minimum atomic E-state index is -1.03. The molecule has 0 fully saturated rings. The third kappa shape index (κ3) is 8.07. The average Bonchev–Trinajstić information content (AvgIpc) is 2.86. The normalized spacial score (nSPS) is 12.7. The number of amides is 1. The van der Waals surface area contributed by atoms with Gasteiger partial charge in [-0.25, -0.2) is 0 Å². The molecular formula is C31H38N2O5. The van der Waals surface area contributed by atoms with E-state index in [4.69, 9.17) is 4.74 Å². The van der Waals surface area contributed by atoms with Crippen LogP contribution < -0.4 is 15.6 Å². The van der Waals surface area contributed by atoms with Crippen LogP contribution in [0.25, 0.3) is 0 Å². The number of aliphatic carboxylic acids is 1. The van der Waals surface area contributed by atoms with Crippen molar-refractivity contribution in [3.63, 3.8) is 0 Å². The molecule has 0 aliphatic rings. The Morgan fingerprint density at radius 2 is 1.79 bits per heavy atom. The van der Waals surface area contributed by atoms with E-state index >= 15 is 0 Å². The van der Waals surface area contributed by atoms with Gasteiger partial charge in [-0.1, -0.05) is 62.2 Å². The molecule has 0 spiro atoms. The van der Waals surface area contributed by atoms with Crippen molar-refractivity contribution in [2.75, 3.05) is 0 Å². The minimum Gasteiger partial charge on any atom is -0.491 e. The third-order valence-electron chi connectivity index (χ3n) is 6.29. The molecule has 2 atom stereocenters. The Labute approximate surface area is 224 Å². The van der Waals surface area contributed by atoms with E-state index in [0.29, 0.717) is 29.7 Å². The lowest BCUT2D eigenvalue weighted by Gasteiger charge is -2.25. The summed E-state index contributed by atoms with van der Waals surface area (Å²) in [7, 11) is 0. The van der Waals surface area contributed by atoms with E-state index < -0.39 is 18.1 Å². The first kappa shape index (κ1) is 28.7. The molecule has 0 saturated carbocycles. The lowest BCUT2D eigenvalue weighted by atomic mass is 10.0. The lowest BCUT2D eigenvalue weighted by molar-refractivity contribution is -0.138. The minimum absolute atomic E-state index is 0.0468. The topological polar surface area (TPSA) is 97.6 Å². The number of hydrogen-bond acceptors (Lipinski definition) is 4. The molecule has 1 heterocycles. The van der Waals surface area contributed by atoms with Crippen molar-refractivity contribution in [3.05, 3.63) is 99.5 Å². The number of hydrogen-bond donors (Lipinski definition) is 2. The number of benzene rings is 2. The first-order valence-corrected chi connectivity index (χ1v) is 13.2. The molecule has 0 bridgehead atoms. The maximum atomic E-state index is 13.7. The standard InChI is InChI=1S/C31H38N2O5/c1-5-6-15-28(33-20-22(4)16-25(31(33)37)17-23-11-8-7-9-12-23)30(36)32-27(19-29(34)35)24-13-10-14-26(18-24)38-21(2)3/h7-14,16,18,20-21,27-28H,5-6,15,17,19H2,1-4H3,(H,32,36)(H,34,35)/t27-,28?/m1/s1. The van der Waals surface area contributed by atoms with Crippen LogP contribution in [0, 0.1) is 6.92 Å². The van der Waals surface area contributed by atoms with Crippen molar-refractivity contribution in [1.82, 2.24) is 9.88 Å². The molecule has 0 aliphatic carbocycles. The van der Waals surface area contributed by atoms with Gasteiger partial charge in [0.05, 0.1) is 18.6 Å². The Hall–Kier alpha value is -3.87. The van der Waals surface area contributed by atoms with Gasteiger partial charge in [-0.15, -0.1) is 0 Å². The molecule has 7 heteroatoms. The fourth-order valence-electron chi connectivity index (χ4n) is 4.56. The van der Waals surface area contributed by atoms with E-state index in [2.05, 4.69) is 5.32 Å². The summed E-state index contributed by atoms with van der Waals surface area (Å²) < 4.78 is 7.29. The van der Waals surface area contributed by atoms with Gasteiger partial charge in [-0.3, -0.25) is 14.4 Å². The second-order valence-corrected chi connectivity index (χ2v) is 9.97. The number of carboxylic acids is 1. The SMILES string of the molecule is CCCCC(C(=O)N[C@H](CC(=O)O)c1cccc(OC(C)C)c1)n1cc(C)cc(Cc2ccccc2)c1=O. The van der Waals surface area contributed by atoms with Crippen molar-refractivity contribution < 1.29 is 19.4 Å². The maximum Gasteiger partial charge on any atom is 0.305 e. The zero-order chi connectivity index (χ0) is 27.7. The van der Waals surface area contributed by atoms with Gasteiger partial charge in [0.2, 0.25) is 5.91 Å². The number of carbonyl (C=O) groups is 2. The van der Waals surface area contributed by atoms with Crippen molar-refractivity contribution in [2.45, 2.75) is 78.0 Å². The molecule has 0 aliphatic heterocycles. The van der Waals surface area contributed by atoms with Gasteiger partial charge in [0.15, 0.2) is 0 Å². The van der Waals surface area contributed by atoms with Crippen LogP contribution >= 0.6 is 0 Å². The summed E-state index contributed by atoms with van der Waals surface area (Å²) >= 11 is 0. The van der Waals surface area contributed by atoms with E-state index in [1.807, 2.05) is 64.1 Å². The summed E-state index contributed by atoms with van der Waals surface area (Å²) in [5.41, 5.74) is 2.94. The van der Waals surface area contributed by atoms with Gasteiger partial charge in [-0.2, -0.15) is 0 Å². The largest absolute Gasteiger partial charge is 0.491 e. The molecule has 1 aromatic heterocycles. The van der Waals surface area contributed by atoms with Crippen LogP contribution in [0.2, 0.25) is 0 Å². The molecule has 202 valence electrons. The maximum absolute atomic E-state index is 13.7. The highest BCUT2D eigenvalue weighted by Crippen LogP contribution is 2.25. The summed E-state index contributed by atoms with van der Waals surface area (Å²) in [5.74, 6) is -0.808. The first-order valence-electron chi connectivity index (χ1n) is 13.2. The van der Waals surface area contributed by atoms with E-state index in [0.717, 1.165) is 24.0 Å². The Kier molecular flexibility index (Phi) is 10.3. The van der Waals surface area contributed by atoms with Crippen molar-refractivity contribution >= 4 is 11.9 Å². The number of carboxylic acid groups (broad SMARTS) is 1. The van der Waals surface area contributed by atoms with Crippen LogP contribution in [0.15, 0.2) is 71.7 Å². The number of ether oxygens (including phenoxy) is 1. The van der Waals surface area contributed by atoms with Crippen LogP contribution in [-0.2, 0) is 16.0 Å². The van der Waals surface area contributed by atoms with Gasteiger partial charge in [-0.05, 0) is 62.1 Å². The zero-order valence-electron chi connectivity index (χ0n) is 22.6. The highest BCUT2D eigenvalue weighted by Gasteiger charge is 2.27. The fraction of sp³-hybridized carbons (Fsp3) is 0.387. The number of nitrogens with zero attached hydrogens (tertiary/aromatic N) is 1. The fourth-order valence-corrected chi connectivity index (χ4v) is 4.56. The smallest absolute Gasteiger partial charge is 0.305 e. The summed E-state index contributed by atoms with van der Waals surface area (Å²) in [5, 5.41) is 12.5. The predicted molar refractivity (Wildman–Crippen MR) is 149 cm³/mol. The number of nitrogens with one attached hydrogen (secondary N) is 1. The van der Waals surface area contributed by atoms with E-state index in [1.165, 1.54) is 4.57 Å². The highest BCUT2D eigenvalue weighted by atomic mass is 16.5. The van der Waals surface area contributed by atoms with Crippen molar-refractivity contribution in [3.8, 4) is 5.75 Å². The molecule has 2 N–H and O–H groups in total. The Balaban J connectivity index is 1.95. The van der Waals surface area contributed by atoms with Crippen LogP contribution in [-0.4, -0.2) is 27.7 Å². The van der Waals surface area contributed by atoms with Gasteiger partial charge in [0.1, 0.15) is 11.8 Å². The number of carbonyl (C=O) groups excluding carboxylic acids is 1. The number of unbranched alkanes of at least 4 members (excludes halogenated alkanes) is 1. The van der Waals surface area contributed by atoms with E-state index in [9.17, 15) is 19.5 Å². The molecular weight excluding hydrogens is 480 g/mol. The number of aromatic nitrogens is 1. The summed E-state index contributed by atoms with van der Waals surface area (Å²) in [6.07, 6.45) is 3.91. The summed E-state index contributed by atoms with van der Waals surface area (Å²) in [4.78, 5) is 39.0. The Morgan fingerprint density at radius 1 is 1.05 bits per heavy atom. The van der Waals surface area contributed by atoms with Crippen LogP contribution in [0.3, 0.4) is 0 Å². The average molecular weight is 519 g/mol. The van der Waals surface area contributed by atoms with Gasteiger partial charge in [0.25, 0.3) is 5.56 Å². The monoisotopic (exact) mass is 518 g/mol. The van der Waals surface area contributed by atoms with E-state index in [-0.39, 0.29) is 24.0 Å². The molecule has 1 unspecified atom stereocenters. The highest BCUT2D eigenvalue weighted by molar-refractivity contribution is 5.81. The molecule has 2 aromatic carbocycles. The van der Waals surface area contributed by atoms with Gasteiger partial charge in [0, 0.05) is 18.2 Å². The molecule has 3 rings (SSSR count). The van der Waals surface area contributed by atoms with Crippen LogP contribution in [0.5, 0.6) is 5.75 Å². The quantitative estimate of drug-likeness (QED) is 0.307. The van der Waals surface area contributed by atoms with Crippen LogP contribution in [0.1, 0.15) is 80.8 Å². The Bertz CT molecular complexity index is 1280. The number of pyridine rings is 1. The summed E-state index contributed by atoms with van der Waals surface area (Å²) in [6.45, 7) is 7.76. The molecule has 3 aromatic rings. The van der Waals surface area contributed by atoms with Crippen molar-refractivity contribution in [2.24, 2.45) is 0 Å².